The Kier molecular flexibility index (Phi) is 5.10. The van der Waals surface area contributed by atoms with Crippen molar-refractivity contribution in [3.05, 3.63) is 146 Å². The van der Waals surface area contributed by atoms with E-state index in [0.29, 0.717) is 0 Å². The molecular weight excluding hydrogens is 529 g/mol. The van der Waals surface area contributed by atoms with Gasteiger partial charge in [-0.25, -0.2) is 4.98 Å². The summed E-state index contributed by atoms with van der Waals surface area (Å²) in [4.78, 5) is 7.69. The van der Waals surface area contributed by atoms with Gasteiger partial charge in [-0.3, -0.25) is 4.90 Å². The molecule has 0 fully saturated rings. The number of hydrogen-bond acceptors (Lipinski definition) is 3. The topological polar surface area (TPSA) is 16.1 Å². The lowest BCUT2D eigenvalue weighted by atomic mass is 10.0. The smallest absolute Gasteiger partial charge is 0.146 e. The van der Waals surface area contributed by atoms with E-state index in [2.05, 4.69) is 150 Å². The van der Waals surface area contributed by atoms with Gasteiger partial charge in [0.25, 0.3) is 0 Å². The minimum absolute atomic E-state index is 0.934. The van der Waals surface area contributed by atoms with E-state index in [4.69, 9.17) is 4.98 Å². The SMILES string of the molecule is c1ccc2c(c1)ccc1cc(N(c3ccc4sc5ccccc5c4c3)c3nc4ccccc4c4ccccc34)ccc12. The fraction of sp³-hybridized carbons (Fsp3) is 0. The average molecular weight is 553 g/mol. The van der Waals surface area contributed by atoms with Crippen molar-refractivity contribution in [1.29, 1.82) is 0 Å². The molecule has 9 aromatic rings. The summed E-state index contributed by atoms with van der Waals surface area (Å²) >= 11 is 1.85. The first kappa shape index (κ1) is 23.5. The summed E-state index contributed by atoms with van der Waals surface area (Å²) < 4.78 is 2.60. The number of nitrogens with zero attached hydrogens (tertiary/aromatic N) is 2. The Morgan fingerprint density at radius 2 is 1.02 bits per heavy atom. The second kappa shape index (κ2) is 9.13. The van der Waals surface area contributed by atoms with Crippen LogP contribution in [0.25, 0.3) is 63.4 Å². The molecule has 0 unspecified atom stereocenters. The van der Waals surface area contributed by atoms with Crippen LogP contribution in [0.2, 0.25) is 0 Å². The molecule has 2 heterocycles. The number of thiophene rings is 1. The number of anilines is 3. The van der Waals surface area contributed by atoms with Gasteiger partial charge in [0.15, 0.2) is 0 Å². The van der Waals surface area contributed by atoms with Crippen LogP contribution in [0.4, 0.5) is 17.2 Å². The molecule has 2 nitrogen and oxygen atoms in total. The van der Waals surface area contributed by atoms with Crippen LogP contribution in [-0.4, -0.2) is 4.98 Å². The first-order chi connectivity index (χ1) is 20.8. The van der Waals surface area contributed by atoms with Crippen LogP contribution >= 0.6 is 11.3 Å². The van der Waals surface area contributed by atoms with E-state index < -0.39 is 0 Å². The van der Waals surface area contributed by atoms with Gasteiger partial charge in [-0.05, 0) is 69.4 Å². The minimum Gasteiger partial charge on any atom is -0.294 e. The van der Waals surface area contributed by atoms with Crippen LogP contribution in [-0.2, 0) is 0 Å². The predicted octanol–water partition coefficient (Wildman–Crippen LogP) is 11.5. The summed E-state index contributed by atoms with van der Waals surface area (Å²) in [6, 6.07) is 52.5. The van der Waals surface area contributed by atoms with Crippen molar-refractivity contribution in [3.63, 3.8) is 0 Å². The first-order valence-electron chi connectivity index (χ1n) is 14.2. The van der Waals surface area contributed by atoms with Crippen LogP contribution in [0, 0.1) is 0 Å². The van der Waals surface area contributed by atoms with Crippen LogP contribution in [0.15, 0.2) is 146 Å². The van der Waals surface area contributed by atoms with Gasteiger partial charge in [0.2, 0.25) is 0 Å². The van der Waals surface area contributed by atoms with Crippen LogP contribution in [0.3, 0.4) is 0 Å². The third-order valence-corrected chi connectivity index (χ3v) is 9.56. The fourth-order valence-electron chi connectivity index (χ4n) is 6.44. The van der Waals surface area contributed by atoms with E-state index in [0.717, 1.165) is 28.1 Å². The number of rotatable bonds is 3. The maximum Gasteiger partial charge on any atom is 0.146 e. The van der Waals surface area contributed by atoms with E-state index in [1.165, 1.54) is 52.5 Å². The number of hydrogen-bond donors (Lipinski definition) is 0. The van der Waals surface area contributed by atoms with Gasteiger partial charge in [-0.1, -0.05) is 103 Å². The van der Waals surface area contributed by atoms with E-state index >= 15 is 0 Å². The Balaban J connectivity index is 1.36. The zero-order valence-electron chi connectivity index (χ0n) is 22.7. The Morgan fingerprint density at radius 1 is 0.405 bits per heavy atom. The molecule has 42 heavy (non-hydrogen) atoms. The molecule has 2 aromatic heterocycles. The largest absolute Gasteiger partial charge is 0.294 e. The molecule has 0 saturated heterocycles. The summed E-state index contributed by atoms with van der Waals surface area (Å²) in [7, 11) is 0. The molecule has 0 aliphatic carbocycles. The van der Waals surface area contributed by atoms with E-state index in [1.54, 1.807) is 0 Å². The van der Waals surface area contributed by atoms with Crippen LogP contribution < -0.4 is 4.90 Å². The van der Waals surface area contributed by atoms with Gasteiger partial charge in [0.1, 0.15) is 5.82 Å². The summed E-state index contributed by atoms with van der Waals surface area (Å²) in [5.74, 6) is 0.934. The molecule has 0 atom stereocenters. The Labute approximate surface area is 246 Å². The summed E-state index contributed by atoms with van der Waals surface area (Å²) in [6.07, 6.45) is 0. The van der Waals surface area contributed by atoms with Gasteiger partial charge in [0, 0.05) is 42.3 Å². The van der Waals surface area contributed by atoms with Crippen LogP contribution in [0.5, 0.6) is 0 Å². The van der Waals surface area contributed by atoms with Crippen molar-refractivity contribution >= 4 is 91.9 Å². The van der Waals surface area contributed by atoms with Crippen molar-refractivity contribution in [2.45, 2.75) is 0 Å². The van der Waals surface area contributed by atoms with E-state index in [9.17, 15) is 0 Å². The molecule has 196 valence electrons. The van der Waals surface area contributed by atoms with Gasteiger partial charge in [-0.2, -0.15) is 0 Å². The molecule has 0 aliphatic rings. The van der Waals surface area contributed by atoms with E-state index in [1.807, 2.05) is 11.3 Å². The minimum atomic E-state index is 0.934. The molecule has 7 aromatic carbocycles. The quantitative estimate of drug-likeness (QED) is 0.203. The first-order valence-corrected chi connectivity index (χ1v) is 15.0. The third-order valence-electron chi connectivity index (χ3n) is 8.41. The number of para-hydroxylation sites is 1. The fourth-order valence-corrected chi connectivity index (χ4v) is 7.53. The molecule has 0 amide bonds. The highest BCUT2D eigenvalue weighted by atomic mass is 32.1. The maximum atomic E-state index is 5.35. The van der Waals surface area contributed by atoms with Gasteiger partial charge in [-0.15, -0.1) is 11.3 Å². The van der Waals surface area contributed by atoms with E-state index in [-0.39, 0.29) is 0 Å². The summed E-state index contributed by atoms with van der Waals surface area (Å²) in [5.41, 5.74) is 3.17. The van der Waals surface area contributed by atoms with Crippen LogP contribution in [0.1, 0.15) is 0 Å². The lowest BCUT2D eigenvalue weighted by Crippen LogP contribution is -2.12. The monoisotopic (exact) mass is 552 g/mol. The van der Waals surface area contributed by atoms with Crippen molar-refractivity contribution in [1.82, 2.24) is 4.98 Å². The highest BCUT2D eigenvalue weighted by Crippen LogP contribution is 2.44. The lowest BCUT2D eigenvalue weighted by molar-refractivity contribution is 1.23. The molecule has 0 saturated carbocycles. The van der Waals surface area contributed by atoms with Crippen molar-refractivity contribution in [2.24, 2.45) is 0 Å². The average Bonchev–Trinajstić information content (AvgIpc) is 3.43. The number of aromatic nitrogens is 1. The van der Waals surface area contributed by atoms with Crippen molar-refractivity contribution in [2.75, 3.05) is 4.90 Å². The van der Waals surface area contributed by atoms with Gasteiger partial charge < -0.3 is 0 Å². The Morgan fingerprint density at radius 3 is 1.93 bits per heavy atom. The van der Waals surface area contributed by atoms with Gasteiger partial charge in [0.05, 0.1) is 5.52 Å². The highest BCUT2D eigenvalue weighted by molar-refractivity contribution is 7.25. The van der Waals surface area contributed by atoms with Crippen molar-refractivity contribution < 1.29 is 0 Å². The molecule has 0 bridgehead atoms. The molecule has 0 N–H and O–H groups in total. The standard InChI is InChI=1S/C39H24N2S/c1-2-10-29-25(9-1)17-18-26-23-27(19-21-30(26)29)41(28-20-22-38-35(24-28)33-13-6-8-16-37(33)42-38)39-34-14-4-3-11-31(34)32-12-5-7-15-36(32)40-39/h1-24H. The highest BCUT2D eigenvalue weighted by Gasteiger charge is 2.20. The molecule has 0 spiro atoms. The molecular formula is C39H24N2S. The number of pyridine rings is 1. The zero-order chi connectivity index (χ0) is 27.6. The maximum absolute atomic E-state index is 5.35. The lowest BCUT2D eigenvalue weighted by Gasteiger charge is -2.27. The van der Waals surface area contributed by atoms with Crippen molar-refractivity contribution in [3.8, 4) is 0 Å². The summed E-state index contributed by atoms with van der Waals surface area (Å²) in [5, 5.41) is 11.1. The number of fused-ring (bicyclic) bond motifs is 9. The molecule has 0 aliphatic heterocycles. The summed E-state index contributed by atoms with van der Waals surface area (Å²) in [6.45, 7) is 0. The Bertz CT molecular complexity index is 2490. The molecule has 0 radical (unpaired) electrons. The Hall–Kier alpha value is -5.25. The van der Waals surface area contributed by atoms with Gasteiger partial charge >= 0.3 is 0 Å². The normalized spacial score (nSPS) is 11.8. The second-order valence-corrected chi connectivity index (χ2v) is 11.9. The molecule has 9 rings (SSSR count). The predicted molar refractivity (Wildman–Crippen MR) is 182 cm³/mol. The third kappa shape index (κ3) is 3.54. The second-order valence-electron chi connectivity index (χ2n) is 10.8. The zero-order valence-corrected chi connectivity index (χ0v) is 23.5. The number of benzene rings is 7. The molecule has 3 heteroatoms.